The van der Waals surface area contributed by atoms with E-state index in [1.54, 1.807) is 18.9 Å². The number of anilines is 1. The van der Waals surface area contributed by atoms with Crippen molar-refractivity contribution >= 4 is 23.4 Å². The maximum absolute atomic E-state index is 12.5. The molecule has 0 spiro atoms. The van der Waals surface area contributed by atoms with Crippen LogP contribution in [0.2, 0.25) is 0 Å². The van der Waals surface area contributed by atoms with Crippen molar-refractivity contribution in [2.75, 3.05) is 25.3 Å². The Balaban J connectivity index is 1.71. The first-order valence-electron chi connectivity index (χ1n) is 7.44. The van der Waals surface area contributed by atoms with Crippen LogP contribution in [0.4, 0.5) is 5.69 Å². The Morgan fingerprint density at radius 3 is 2.96 bits per heavy atom. The van der Waals surface area contributed by atoms with Crippen molar-refractivity contribution in [3.63, 3.8) is 0 Å². The Morgan fingerprint density at radius 2 is 2.17 bits per heavy atom. The number of amides is 1. The largest absolute Gasteiger partial charge is 0.497 e. The highest BCUT2D eigenvalue weighted by Crippen LogP contribution is 2.31. The van der Waals surface area contributed by atoms with E-state index in [4.69, 9.17) is 9.47 Å². The highest BCUT2D eigenvalue weighted by Gasteiger charge is 2.26. The van der Waals surface area contributed by atoms with Crippen LogP contribution in [-0.2, 0) is 11.2 Å². The average Bonchev–Trinajstić information content (AvgIpc) is 2.60. The highest BCUT2D eigenvalue weighted by molar-refractivity contribution is 7.98. The fraction of sp³-hybridized carbons (Fsp3) is 0.278. The third-order valence-electron chi connectivity index (χ3n) is 3.88. The third-order valence-corrected chi connectivity index (χ3v) is 4.61. The Morgan fingerprint density at radius 1 is 1.30 bits per heavy atom. The van der Waals surface area contributed by atoms with Crippen LogP contribution in [-0.4, -0.2) is 25.9 Å². The monoisotopic (exact) mass is 329 g/mol. The molecule has 1 aliphatic heterocycles. The SMILES string of the molecule is COc1ccc2c(c1)CC(C(=O)Nc1cccc(SC)c1)CO2. The number of ether oxygens (including phenoxy) is 2. The number of carbonyl (C=O) groups excluding carboxylic acids is 1. The molecule has 1 amide bonds. The molecule has 0 saturated heterocycles. The zero-order valence-electron chi connectivity index (χ0n) is 13.2. The number of fused-ring (bicyclic) bond motifs is 1. The number of nitrogens with one attached hydrogen (secondary N) is 1. The van der Waals surface area contributed by atoms with E-state index < -0.39 is 0 Å². The number of hydrogen-bond acceptors (Lipinski definition) is 4. The topological polar surface area (TPSA) is 47.6 Å². The smallest absolute Gasteiger partial charge is 0.231 e. The maximum atomic E-state index is 12.5. The van der Waals surface area contributed by atoms with Crippen LogP contribution in [0.15, 0.2) is 47.4 Å². The first-order chi connectivity index (χ1) is 11.2. The molecule has 0 bridgehead atoms. The minimum Gasteiger partial charge on any atom is -0.497 e. The van der Waals surface area contributed by atoms with E-state index in [-0.39, 0.29) is 11.8 Å². The second-order valence-corrected chi connectivity index (χ2v) is 6.29. The minimum atomic E-state index is -0.201. The average molecular weight is 329 g/mol. The first kappa shape index (κ1) is 15.7. The van der Waals surface area contributed by atoms with Gasteiger partial charge in [-0.3, -0.25) is 4.79 Å². The Bertz CT molecular complexity index is 717. The van der Waals surface area contributed by atoms with Crippen molar-refractivity contribution in [3.05, 3.63) is 48.0 Å². The van der Waals surface area contributed by atoms with Crippen LogP contribution in [0, 0.1) is 5.92 Å². The predicted octanol–water partition coefficient (Wildman–Crippen LogP) is 3.61. The summed E-state index contributed by atoms with van der Waals surface area (Å²) in [5.74, 6) is 1.39. The van der Waals surface area contributed by atoms with Gasteiger partial charge in [-0.25, -0.2) is 0 Å². The summed E-state index contributed by atoms with van der Waals surface area (Å²) in [5.41, 5.74) is 1.83. The molecule has 4 nitrogen and oxygen atoms in total. The fourth-order valence-electron chi connectivity index (χ4n) is 2.61. The number of methoxy groups -OCH3 is 1. The van der Waals surface area contributed by atoms with Crippen molar-refractivity contribution in [1.82, 2.24) is 0 Å². The summed E-state index contributed by atoms with van der Waals surface area (Å²) in [4.78, 5) is 13.6. The summed E-state index contributed by atoms with van der Waals surface area (Å²) in [6, 6.07) is 13.5. The maximum Gasteiger partial charge on any atom is 0.231 e. The summed E-state index contributed by atoms with van der Waals surface area (Å²) >= 11 is 1.65. The Kier molecular flexibility index (Phi) is 4.76. The fourth-order valence-corrected chi connectivity index (χ4v) is 3.07. The molecule has 2 aromatic carbocycles. The van der Waals surface area contributed by atoms with Crippen molar-refractivity contribution in [3.8, 4) is 11.5 Å². The minimum absolute atomic E-state index is 0.0169. The lowest BCUT2D eigenvalue weighted by atomic mass is 9.95. The zero-order chi connectivity index (χ0) is 16.2. The zero-order valence-corrected chi connectivity index (χ0v) is 14.0. The molecule has 1 heterocycles. The normalized spacial score (nSPS) is 16.2. The first-order valence-corrected chi connectivity index (χ1v) is 8.66. The van der Waals surface area contributed by atoms with E-state index in [9.17, 15) is 4.79 Å². The molecule has 0 aliphatic carbocycles. The van der Waals surface area contributed by atoms with Gasteiger partial charge in [-0.1, -0.05) is 6.07 Å². The van der Waals surface area contributed by atoms with Gasteiger partial charge in [-0.2, -0.15) is 0 Å². The van der Waals surface area contributed by atoms with Gasteiger partial charge in [0.2, 0.25) is 5.91 Å². The van der Waals surface area contributed by atoms with Crippen molar-refractivity contribution < 1.29 is 14.3 Å². The number of rotatable bonds is 4. The van der Waals surface area contributed by atoms with Gasteiger partial charge >= 0.3 is 0 Å². The summed E-state index contributed by atoms with van der Waals surface area (Å²) in [6.45, 7) is 0.396. The van der Waals surface area contributed by atoms with Gasteiger partial charge in [0.15, 0.2) is 0 Å². The van der Waals surface area contributed by atoms with Gasteiger partial charge in [0, 0.05) is 10.6 Å². The second kappa shape index (κ2) is 6.96. The summed E-state index contributed by atoms with van der Waals surface area (Å²) in [7, 11) is 1.63. The van der Waals surface area contributed by atoms with Gasteiger partial charge < -0.3 is 14.8 Å². The van der Waals surface area contributed by atoms with Crippen LogP contribution in [0.1, 0.15) is 5.56 Å². The molecule has 2 aromatic rings. The van der Waals surface area contributed by atoms with E-state index in [1.165, 1.54) is 0 Å². The summed E-state index contributed by atoms with van der Waals surface area (Å²) in [5, 5.41) is 2.98. The van der Waals surface area contributed by atoms with E-state index in [0.29, 0.717) is 13.0 Å². The molecule has 1 aliphatic rings. The van der Waals surface area contributed by atoms with Crippen LogP contribution < -0.4 is 14.8 Å². The Labute approximate surface area is 140 Å². The van der Waals surface area contributed by atoms with E-state index in [0.717, 1.165) is 27.6 Å². The van der Waals surface area contributed by atoms with Crippen molar-refractivity contribution in [2.45, 2.75) is 11.3 Å². The van der Waals surface area contributed by atoms with Gasteiger partial charge in [0.05, 0.1) is 13.0 Å². The predicted molar refractivity (Wildman–Crippen MR) is 92.5 cm³/mol. The second-order valence-electron chi connectivity index (χ2n) is 5.41. The van der Waals surface area contributed by atoms with Gasteiger partial charge in [0.1, 0.15) is 18.1 Å². The molecular formula is C18H19NO3S. The van der Waals surface area contributed by atoms with E-state index in [1.807, 2.05) is 48.7 Å². The molecule has 0 aromatic heterocycles. The molecule has 5 heteroatoms. The lowest BCUT2D eigenvalue weighted by Gasteiger charge is -2.25. The molecule has 1 N–H and O–H groups in total. The summed E-state index contributed by atoms with van der Waals surface area (Å²) in [6.07, 6.45) is 2.67. The lowest BCUT2D eigenvalue weighted by Crippen LogP contribution is -2.32. The van der Waals surface area contributed by atoms with Crippen molar-refractivity contribution in [1.29, 1.82) is 0 Å². The summed E-state index contributed by atoms with van der Waals surface area (Å²) < 4.78 is 11.0. The quantitative estimate of drug-likeness (QED) is 0.871. The Hall–Kier alpha value is -2.14. The molecule has 1 atom stereocenters. The van der Waals surface area contributed by atoms with Crippen molar-refractivity contribution in [2.24, 2.45) is 5.92 Å². The van der Waals surface area contributed by atoms with Crippen LogP contribution in [0.25, 0.3) is 0 Å². The van der Waals surface area contributed by atoms with Gasteiger partial charge in [0.25, 0.3) is 0 Å². The number of hydrogen-bond donors (Lipinski definition) is 1. The number of thioether (sulfide) groups is 1. The molecule has 3 rings (SSSR count). The molecule has 0 radical (unpaired) electrons. The van der Waals surface area contributed by atoms with Crippen LogP contribution in [0.5, 0.6) is 11.5 Å². The van der Waals surface area contributed by atoms with Gasteiger partial charge in [-0.05, 0) is 54.6 Å². The van der Waals surface area contributed by atoms with Crippen LogP contribution in [0.3, 0.4) is 0 Å². The highest BCUT2D eigenvalue weighted by atomic mass is 32.2. The van der Waals surface area contributed by atoms with E-state index in [2.05, 4.69) is 5.32 Å². The molecule has 0 fully saturated rings. The van der Waals surface area contributed by atoms with Crippen LogP contribution >= 0.6 is 11.8 Å². The third kappa shape index (κ3) is 3.62. The standard InChI is InChI=1S/C18H19NO3S/c1-21-15-6-7-17-12(9-15)8-13(11-22-17)18(20)19-14-4-3-5-16(10-14)23-2/h3-7,9-10,13H,8,11H2,1-2H3,(H,19,20). The molecule has 0 saturated carbocycles. The molecule has 23 heavy (non-hydrogen) atoms. The molecule has 1 unspecified atom stereocenters. The molecular weight excluding hydrogens is 310 g/mol. The van der Waals surface area contributed by atoms with E-state index >= 15 is 0 Å². The molecule has 120 valence electrons. The lowest BCUT2D eigenvalue weighted by molar-refractivity contribution is -0.121. The van der Waals surface area contributed by atoms with Gasteiger partial charge in [-0.15, -0.1) is 11.8 Å². The number of carbonyl (C=O) groups is 1. The number of benzene rings is 2.